The highest BCUT2D eigenvalue weighted by atomic mass is 32.1. The number of nitrogens with zero attached hydrogens (tertiary/aromatic N) is 2. The van der Waals surface area contributed by atoms with Gasteiger partial charge in [-0.25, -0.2) is 14.6 Å². The number of esters is 2. The van der Waals surface area contributed by atoms with Crippen molar-refractivity contribution in [3.63, 3.8) is 0 Å². The highest BCUT2D eigenvalue weighted by Gasteiger charge is 2.35. The van der Waals surface area contributed by atoms with Gasteiger partial charge in [0.1, 0.15) is 23.3 Å². The number of carbonyl (C=O) groups excluding carboxylic acids is 2. The summed E-state index contributed by atoms with van der Waals surface area (Å²) in [4.78, 5) is 44.6. The fraction of sp³-hybridized carbons (Fsp3) is 0.273. The Morgan fingerprint density at radius 3 is 2.56 bits per heavy atom. The van der Waals surface area contributed by atoms with E-state index in [0.717, 1.165) is 17.5 Å². The largest absolute Gasteiger partial charge is 0.496 e. The van der Waals surface area contributed by atoms with Gasteiger partial charge in [0.25, 0.3) is 5.56 Å². The maximum Gasteiger partial charge on any atom is 0.338 e. The number of methoxy groups -OCH3 is 2. The van der Waals surface area contributed by atoms with Crippen molar-refractivity contribution in [1.29, 1.82) is 0 Å². The maximum atomic E-state index is 14.0. The van der Waals surface area contributed by atoms with Gasteiger partial charge in [-0.2, -0.15) is 0 Å². The Balaban J connectivity index is 1.64. The number of aryl methyl sites for hydroxylation is 1. The van der Waals surface area contributed by atoms with E-state index in [1.54, 1.807) is 55.0 Å². The Morgan fingerprint density at radius 2 is 1.86 bits per heavy atom. The van der Waals surface area contributed by atoms with E-state index in [0.29, 0.717) is 55.4 Å². The Kier molecular flexibility index (Phi) is 8.77. The molecule has 222 valence electrons. The number of fused-ring (bicyclic) bond motifs is 1. The Hall–Kier alpha value is -4.70. The van der Waals surface area contributed by atoms with Crippen molar-refractivity contribution in [2.24, 2.45) is 4.99 Å². The molecule has 1 aliphatic rings. The zero-order valence-electron chi connectivity index (χ0n) is 24.6. The molecule has 0 unspecified atom stereocenters. The quantitative estimate of drug-likeness (QED) is 0.250. The van der Waals surface area contributed by atoms with Crippen molar-refractivity contribution in [2.45, 2.75) is 39.7 Å². The van der Waals surface area contributed by atoms with E-state index in [-0.39, 0.29) is 12.2 Å². The van der Waals surface area contributed by atoms with Crippen LogP contribution in [0.25, 0.3) is 17.4 Å². The lowest BCUT2D eigenvalue weighted by atomic mass is 9.93. The highest BCUT2D eigenvalue weighted by Crippen LogP contribution is 2.37. The van der Waals surface area contributed by atoms with Crippen molar-refractivity contribution in [3.05, 3.63) is 108 Å². The van der Waals surface area contributed by atoms with Crippen LogP contribution in [0.5, 0.6) is 5.75 Å². The molecule has 0 bridgehead atoms. The monoisotopic (exact) mass is 600 g/mol. The predicted molar refractivity (Wildman–Crippen MR) is 163 cm³/mol. The van der Waals surface area contributed by atoms with Crippen molar-refractivity contribution < 1.29 is 28.2 Å². The molecule has 3 heterocycles. The number of allylic oxidation sites excluding steroid dienone is 1. The first kappa shape index (κ1) is 29.8. The first-order chi connectivity index (χ1) is 20.8. The summed E-state index contributed by atoms with van der Waals surface area (Å²) in [7, 11) is 2.90. The van der Waals surface area contributed by atoms with Gasteiger partial charge in [-0.15, -0.1) is 0 Å². The number of aromatic nitrogens is 1. The van der Waals surface area contributed by atoms with Crippen LogP contribution >= 0.6 is 11.3 Å². The average Bonchev–Trinajstić information content (AvgIpc) is 3.60. The van der Waals surface area contributed by atoms with Gasteiger partial charge in [0.05, 0.1) is 42.2 Å². The lowest BCUT2D eigenvalue weighted by Crippen LogP contribution is -2.40. The van der Waals surface area contributed by atoms with Gasteiger partial charge in [-0.3, -0.25) is 9.36 Å². The minimum Gasteiger partial charge on any atom is -0.496 e. The summed E-state index contributed by atoms with van der Waals surface area (Å²) < 4.78 is 24.0. The molecular formula is C33H32N2O7S. The first-order valence-electron chi connectivity index (χ1n) is 13.9. The number of furan rings is 1. The fourth-order valence-electron chi connectivity index (χ4n) is 5.20. The number of rotatable bonds is 9. The molecule has 2 aromatic carbocycles. The Labute approximate surface area is 252 Å². The number of benzene rings is 2. The summed E-state index contributed by atoms with van der Waals surface area (Å²) in [6.45, 7) is 5.83. The van der Waals surface area contributed by atoms with Crippen LogP contribution in [0.4, 0.5) is 0 Å². The molecule has 1 aliphatic heterocycles. The number of thiazole rings is 1. The van der Waals surface area contributed by atoms with Crippen LogP contribution in [0.2, 0.25) is 0 Å². The van der Waals surface area contributed by atoms with Gasteiger partial charge >= 0.3 is 11.9 Å². The van der Waals surface area contributed by atoms with E-state index in [1.165, 1.54) is 18.4 Å². The fourth-order valence-corrected chi connectivity index (χ4v) is 6.20. The van der Waals surface area contributed by atoms with Gasteiger partial charge in [0.15, 0.2) is 4.80 Å². The molecule has 0 saturated carbocycles. The number of carbonyl (C=O) groups is 2. The third-order valence-corrected chi connectivity index (χ3v) is 8.12. The highest BCUT2D eigenvalue weighted by molar-refractivity contribution is 7.07. The minimum atomic E-state index is -0.779. The number of hydrogen-bond donors (Lipinski definition) is 0. The summed E-state index contributed by atoms with van der Waals surface area (Å²) in [5, 5.41) is 0. The van der Waals surface area contributed by atoms with Gasteiger partial charge < -0.3 is 18.6 Å². The Morgan fingerprint density at radius 1 is 1.07 bits per heavy atom. The molecule has 9 nitrogen and oxygen atoms in total. The number of ether oxygens (including phenoxy) is 3. The number of hydrogen-bond acceptors (Lipinski definition) is 9. The van der Waals surface area contributed by atoms with Crippen molar-refractivity contribution >= 4 is 29.4 Å². The molecule has 0 amide bonds. The molecule has 0 spiro atoms. The molecule has 0 saturated heterocycles. The molecule has 4 aromatic rings. The minimum absolute atomic E-state index is 0.191. The van der Waals surface area contributed by atoms with Crippen LogP contribution in [-0.2, 0) is 14.3 Å². The molecule has 0 aliphatic carbocycles. The molecule has 0 radical (unpaired) electrons. The Bertz CT molecular complexity index is 1910. The van der Waals surface area contributed by atoms with E-state index in [1.807, 2.05) is 38.1 Å². The molecule has 43 heavy (non-hydrogen) atoms. The van der Waals surface area contributed by atoms with Gasteiger partial charge in [0.2, 0.25) is 0 Å². The van der Waals surface area contributed by atoms with Crippen LogP contribution < -0.4 is 19.6 Å². The molecule has 1 atom stereocenters. The van der Waals surface area contributed by atoms with Crippen molar-refractivity contribution in [2.75, 3.05) is 20.8 Å². The topological polar surface area (TPSA) is 109 Å². The third kappa shape index (κ3) is 5.70. The normalized spacial score (nSPS) is 14.7. The van der Waals surface area contributed by atoms with Crippen LogP contribution in [0.1, 0.15) is 60.0 Å². The molecule has 0 N–H and O–H groups in total. The standard InChI is InChI=1S/C33H32N2O7S/c1-6-10-24-28(32(38)41-7-2)29(23-11-8-9-12-25(23)39-4)35-30(36)27(43-33(35)34-24)18-21-14-16-26(42-21)22-15-13-20(17-19(22)3)31(37)40-5/h8-9,11-18,29H,6-7,10H2,1-5H3/b27-18+/t29-/m0/s1. The van der Waals surface area contributed by atoms with E-state index in [2.05, 4.69) is 0 Å². The zero-order valence-corrected chi connectivity index (χ0v) is 25.4. The van der Waals surface area contributed by atoms with E-state index < -0.39 is 18.0 Å². The second-order valence-corrected chi connectivity index (χ2v) is 10.9. The van der Waals surface area contributed by atoms with E-state index in [9.17, 15) is 14.4 Å². The smallest absolute Gasteiger partial charge is 0.338 e. The van der Waals surface area contributed by atoms with Gasteiger partial charge in [-0.05, 0) is 56.2 Å². The zero-order chi connectivity index (χ0) is 30.7. The third-order valence-electron chi connectivity index (χ3n) is 7.14. The SMILES string of the molecule is CCCC1=C(C(=O)OCC)[C@H](c2ccccc2OC)n2c(s/c(=C/c3ccc(-c4ccc(C(=O)OC)cc4C)o3)c2=O)=N1. The lowest BCUT2D eigenvalue weighted by Gasteiger charge is -2.26. The van der Waals surface area contributed by atoms with Crippen molar-refractivity contribution in [1.82, 2.24) is 4.57 Å². The second-order valence-electron chi connectivity index (χ2n) is 9.88. The van der Waals surface area contributed by atoms with Crippen LogP contribution in [-0.4, -0.2) is 37.3 Å². The van der Waals surface area contributed by atoms with E-state index in [4.69, 9.17) is 23.6 Å². The second kappa shape index (κ2) is 12.7. The summed E-state index contributed by atoms with van der Waals surface area (Å²) in [5.41, 5.74) is 3.38. The van der Waals surface area contributed by atoms with Crippen LogP contribution in [0.15, 0.2) is 80.1 Å². The summed E-state index contributed by atoms with van der Waals surface area (Å²) in [5.74, 6) is 0.693. The molecule has 0 fully saturated rings. The lowest BCUT2D eigenvalue weighted by molar-refractivity contribution is -0.139. The molecule has 2 aromatic heterocycles. The molecule has 5 rings (SSSR count). The average molecular weight is 601 g/mol. The first-order valence-corrected chi connectivity index (χ1v) is 14.8. The van der Waals surface area contributed by atoms with Crippen LogP contribution in [0, 0.1) is 6.92 Å². The number of para-hydroxylation sites is 1. The summed E-state index contributed by atoms with van der Waals surface area (Å²) >= 11 is 1.23. The van der Waals surface area contributed by atoms with Crippen molar-refractivity contribution in [3.8, 4) is 17.1 Å². The predicted octanol–water partition coefficient (Wildman–Crippen LogP) is 4.94. The van der Waals surface area contributed by atoms with Gasteiger partial charge in [-0.1, -0.05) is 48.9 Å². The maximum absolute atomic E-state index is 14.0. The molecule has 10 heteroatoms. The van der Waals surface area contributed by atoms with Crippen LogP contribution in [0.3, 0.4) is 0 Å². The van der Waals surface area contributed by atoms with E-state index >= 15 is 0 Å². The summed E-state index contributed by atoms with van der Waals surface area (Å²) in [6, 6.07) is 15.4. The molecular weight excluding hydrogens is 568 g/mol. The van der Waals surface area contributed by atoms with Gasteiger partial charge in [0, 0.05) is 17.2 Å². The summed E-state index contributed by atoms with van der Waals surface area (Å²) in [6.07, 6.45) is 2.98.